The van der Waals surface area contributed by atoms with Crippen molar-refractivity contribution in [2.75, 3.05) is 7.05 Å². The van der Waals surface area contributed by atoms with Crippen LogP contribution in [0.15, 0.2) is 29.3 Å². The highest BCUT2D eigenvalue weighted by atomic mass is 14.6. The first-order chi connectivity index (χ1) is 4.35. The standard InChI is InChI=1S/C7H10N2/c1-3-7(6-8)4-5-9-2/h3-6,8H,1H2,2H3/p+1/b7-4+,8-6?,9-5?. The van der Waals surface area contributed by atoms with Crippen molar-refractivity contribution >= 4 is 12.4 Å². The van der Waals surface area contributed by atoms with Gasteiger partial charge in [-0.1, -0.05) is 12.7 Å². The Morgan fingerprint density at radius 1 is 1.67 bits per heavy atom. The van der Waals surface area contributed by atoms with Gasteiger partial charge < -0.3 is 0 Å². The Hall–Kier alpha value is -1.18. The summed E-state index contributed by atoms with van der Waals surface area (Å²) in [5.41, 5.74) is 0.876. The molecule has 0 spiro atoms. The van der Waals surface area contributed by atoms with Gasteiger partial charge in [0.1, 0.15) is 0 Å². The highest BCUT2D eigenvalue weighted by Gasteiger charge is 1.81. The van der Waals surface area contributed by atoms with Gasteiger partial charge in [0.15, 0.2) is 6.21 Å². The lowest BCUT2D eigenvalue weighted by atomic mass is 10.3. The maximum atomic E-state index is 5.20. The second kappa shape index (κ2) is 4.97. The zero-order valence-electron chi connectivity index (χ0n) is 5.54. The smallest absolute Gasteiger partial charge is 0.167 e. The number of rotatable bonds is 3. The third-order valence-electron chi connectivity index (χ3n) is 0.844. The Balaban J connectivity index is 4.06. The van der Waals surface area contributed by atoms with Crippen LogP contribution in [0.1, 0.15) is 0 Å². The number of hydrogen-bond acceptors (Lipinski definition) is 1. The van der Waals surface area contributed by atoms with E-state index in [0.717, 1.165) is 5.57 Å². The third-order valence-corrected chi connectivity index (χ3v) is 0.844. The van der Waals surface area contributed by atoms with Gasteiger partial charge in [-0.3, -0.25) is 10.4 Å². The fourth-order valence-corrected chi connectivity index (χ4v) is 0.352. The van der Waals surface area contributed by atoms with E-state index in [1.165, 1.54) is 6.21 Å². The van der Waals surface area contributed by atoms with E-state index in [9.17, 15) is 0 Å². The van der Waals surface area contributed by atoms with Crippen LogP contribution in [0.5, 0.6) is 0 Å². The molecular formula is C7H11N2+. The molecule has 0 aromatic heterocycles. The van der Waals surface area contributed by atoms with Crippen LogP contribution in [0, 0.1) is 0 Å². The van der Waals surface area contributed by atoms with Crippen molar-refractivity contribution in [1.82, 2.24) is 0 Å². The zero-order chi connectivity index (χ0) is 7.11. The van der Waals surface area contributed by atoms with E-state index < -0.39 is 0 Å². The van der Waals surface area contributed by atoms with E-state index in [1.54, 1.807) is 25.4 Å². The highest BCUT2D eigenvalue weighted by Crippen LogP contribution is 1.84. The van der Waals surface area contributed by atoms with Gasteiger partial charge >= 0.3 is 0 Å². The van der Waals surface area contributed by atoms with Crippen LogP contribution in [-0.4, -0.2) is 19.5 Å². The fourth-order valence-electron chi connectivity index (χ4n) is 0.352. The normalized spacial score (nSPS) is 11.9. The van der Waals surface area contributed by atoms with Gasteiger partial charge in [0.2, 0.25) is 0 Å². The quantitative estimate of drug-likeness (QED) is 0.393. The average molecular weight is 123 g/mol. The van der Waals surface area contributed by atoms with Gasteiger partial charge in [0, 0.05) is 18.8 Å². The van der Waals surface area contributed by atoms with E-state index in [1.807, 2.05) is 0 Å². The van der Waals surface area contributed by atoms with Crippen molar-refractivity contribution < 1.29 is 5.41 Å². The average Bonchev–Trinajstić information content (AvgIpc) is 1.91. The Labute approximate surface area is 55.1 Å². The minimum absolute atomic E-state index is 0.876. The third kappa shape index (κ3) is 3.41. The summed E-state index contributed by atoms with van der Waals surface area (Å²) in [4.78, 5) is 3.75. The van der Waals surface area contributed by atoms with Crippen LogP contribution in [0.4, 0.5) is 0 Å². The van der Waals surface area contributed by atoms with Crippen molar-refractivity contribution in [3.8, 4) is 0 Å². The molecule has 9 heavy (non-hydrogen) atoms. The molecule has 0 saturated carbocycles. The van der Waals surface area contributed by atoms with Crippen molar-refractivity contribution in [3.63, 3.8) is 0 Å². The molecule has 2 heteroatoms. The molecule has 0 amide bonds. The van der Waals surface area contributed by atoms with Crippen LogP contribution in [0.3, 0.4) is 0 Å². The molecule has 0 aromatic carbocycles. The summed E-state index contributed by atoms with van der Waals surface area (Å²) in [6, 6.07) is 0. The minimum Gasteiger partial charge on any atom is -0.296 e. The number of allylic oxidation sites excluding steroid dienone is 3. The lowest BCUT2D eigenvalue weighted by molar-refractivity contribution is -0.104. The number of nitrogens with zero attached hydrogens (tertiary/aromatic N) is 1. The predicted octanol–water partition coefficient (Wildman–Crippen LogP) is -0.371. The molecular weight excluding hydrogens is 112 g/mol. The Morgan fingerprint density at radius 2 is 2.33 bits per heavy atom. The summed E-state index contributed by atoms with van der Waals surface area (Å²) in [7, 11) is 1.70. The van der Waals surface area contributed by atoms with Gasteiger partial charge in [0.25, 0.3) is 0 Å². The first-order valence-electron chi connectivity index (χ1n) is 2.65. The Bertz CT molecular complexity index is 144. The highest BCUT2D eigenvalue weighted by molar-refractivity contribution is 5.86. The van der Waals surface area contributed by atoms with Gasteiger partial charge in [-0.25, -0.2) is 0 Å². The largest absolute Gasteiger partial charge is 0.296 e. The summed E-state index contributed by atoms with van der Waals surface area (Å²) >= 11 is 0. The van der Waals surface area contributed by atoms with Crippen LogP contribution >= 0.6 is 0 Å². The van der Waals surface area contributed by atoms with Crippen LogP contribution in [-0.2, 0) is 0 Å². The van der Waals surface area contributed by atoms with Crippen molar-refractivity contribution in [2.45, 2.75) is 0 Å². The van der Waals surface area contributed by atoms with E-state index in [4.69, 9.17) is 5.41 Å². The van der Waals surface area contributed by atoms with E-state index >= 15 is 0 Å². The zero-order valence-corrected chi connectivity index (χ0v) is 5.54. The number of aliphatic imine (C=N–C) groups is 1. The van der Waals surface area contributed by atoms with Crippen LogP contribution < -0.4 is 5.41 Å². The predicted molar refractivity (Wildman–Crippen MR) is 40.7 cm³/mol. The molecule has 0 bridgehead atoms. The fraction of sp³-hybridized carbons (Fsp3) is 0.143. The Morgan fingerprint density at radius 3 is 2.67 bits per heavy atom. The molecule has 0 aliphatic carbocycles. The molecule has 0 aliphatic heterocycles. The minimum atomic E-state index is 0.876. The molecule has 0 rings (SSSR count). The molecule has 48 valence electrons. The summed E-state index contributed by atoms with van der Waals surface area (Å²) in [6.45, 7) is 3.54. The van der Waals surface area contributed by atoms with Gasteiger partial charge in [0.05, 0.1) is 0 Å². The van der Waals surface area contributed by atoms with E-state index in [0.29, 0.717) is 0 Å². The van der Waals surface area contributed by atoms with Crippen molar-refractivity contribution in [1.29, 1.82) is 0 Å². The van der Waals surface area contributed by atoms with Gasteiger partial charge in [-0.05, 0) is 6.08 Å². The molecule has 2 N–H and O–H groups in total. The molecule has 0 unspecified atom stereocenters. The molecule has 2 nitrogen and oxygen atoms in total. The molecule has 0 fully saturated rings. The lowest BCUT2D eigenvalue weighted by Gasteiger charge is -1.79. The summed E-state index contributed by atoms with van der Waals surface area (Å²) in [6.07, 6.45) is 6.60. The topological polar surface area (TPSA) is 38.0 Å². The number of hydrogen-bond donors (Lipinski definition) is 1. The molecule has 0 heterocycles. The van der Waals surface area contributed by atoms with E-state index in [-0.39, 0.29) is 0 Å². The molecule has 0 atom stereocenters. The summed E-state index contributed by atoms with van der Waals surface area (Å²) < 4.78 is 0. The first-order valence-corrected chi connectivity index (χ1v) is 2.65. The molecule has 0 aliphatic rings. The first kappa shape index (κ1) is 7.82. The Kier molecular flexibility index (Phi) is 4.32. The van der Waals surface area contributed by atoms with Crippen molar-refractivity contribution in [2.24, 2.45) is 4.99 Å². The van der Waals surface area contributed by atoms with Gasteiger partial charge in [-0.15, -0.1) is 0 Å². The van der Waals surface area contributed by atoms with Gasteiger partial charge in [-0.2, -0.15) is 0 Å². The lowest BCUT2D eigenvalue weighted by Crippen LogP contribution is -2.30. The second-order valence-electron chi connectivity index (χ2n) is 1.44. The SMILES string of the molecule is C=C/C(C=[NH2+])=C\C=NC. The maximum absolute atomic E-state index is 5.20. The molecule has 0 saturated heterocycles. The molecule has 0 aromatic rings. The summed E-state index contributed by atoms with van der Waals surface area (Å²) in [5.74, 6) is 0. The maximum Gasteiger partial charge on any atom is 0.167 e. The molecule has 0 radical (unpaired) electrons. The van der Waals surface area contributed by atoms with Crippen LogP contribution in [0.25, 0.3) is 0 Å². The monoisotopic (exact) mass is 123 g/mol. The van der Waals surface area contributed by atoms with E-state index in [2.05, 4.69) is 11.6 Å². The van der Waals surface area contributed by atoms with Crippen molar-refractivity contribution in [3.05, 3.63) is 24.3 Å². The second-order valence-corrected chi connectivity index (χ2v) is 1.44. The van der Waals surface area contributed by atoms with Crippen LogP contribution in [0.2, 0.25) is 0 Å². The summed E-state index contributed by atoms with van der Waals surface area (Å²) in [5, 5.41) is 5.20. The number of nitrogens with two attached hydrogens (primary N) is 1.